The van der Waals surface area contributed by atoms with E-state index in [0.29, 0.717) is 0 Å². The Bertz CT molecular complexity index is 875. The second-order valence-electron chi connectivity index (χ2n) is 15.0. The van der Waals surface area contributed by atoms with Crippen molar-refractivity contribution in [2.75, 3.05) is 6.54 Å². The zero-order valence-corrected chi connectivity index (χ0v) is 32.3. The standard InChI is InChI=1S/C45H81N3/c1-3-5-7-9-11-13-15-17-19-20-22-24-26-28-30-34-40-46-45(47-41-35-31-36-42-47,48-43-37-32-38-44-48)39-33-29-27-25-23-21-18-16-14-12-10-8-6-4-2/h31-32,35-38,41-44,46H,3-30,33-34,39-40H2,1-2H3/q+2. The second-order valence-corrected chi connectivity index (χ2v) is 15.0. The molecule has 1 N–H and O–H groups in total. The van der Waals surface area contributed by atoms with E-state index in [9.17, 15) is 0 Å². The van der Waals surface area contributed by atoms with Crippen molar-refractivity contribution in [1.82, 2.24) is 5.32 Å². The van der Waals surface area contributed by atoms with Gasteiger partial charge in [0.05, 0.1) is 6.42 Å². The van der Waals surface area contributed by atoms with Crippen LogP contribution in [0.5, 0.6) is 0 Å². The number of hydrogen-bond donors (Lipinski definition) is 1. The molecule has 0 saturated carbocycles. The minimum atomic E-state index is -0.255. The summed E-state index contributed by atoms with van der Waals surface area (Å²) in [4.78, 5) is 0. The molecule has 0 saturated heterocycles. The van der Waals surface area contributed by atoms with E-state index >= 15 is 0 Å². The summed E-state index contributed by atoms with van der Waals surface area (Å²) < 4.78 is 4.84. The van der Waals surface area contributed by atoms with Crippen LogP contribution in [0.25, 0.3) is 0 Å². The summed E-state index contributed by atoms with van der Waals surface area (Å²) in [6.07, 6.45) is 52.4. The Kier molecular flexibility index (Phi) is 27.6. The van der Waals surface area contributed by atoms with Crippen molar-refractivity contribution < 1.29 is 9.13 Å². The second kappa shape index (κ2) is 31.3. The average Bonchev–Trinajstić information content (AvgIpc) is 3.13. The van der Waals surface area contributed by atoms with Gasteiger partial charge in [0, 0.05) is 30.8 Å². The quantitative estimate of drug-likeness (QED) is 0.0574. The summed E-state index contributed by atoms with van der Waals surface area (Å²) in [7, 11) is 0. The lowest BCUT2D eigenvalue weighted by Gasteiger charge is -2.24. The molecule has 0 aliphatic heterocycles. The van der Waals surface area contributed by atoms with E-state index in [0.717, 1.165) is 13.0 Å². The number of rotatable bonds is 35. The zero-order chi connectivity index (χ0) is 34.1. The molecule has 2 heterocycles. The van der Waals surface area contributed by atoms with E-state index in [1.165, 1.54) is 193 Å². The topological polar surface area (TPSA) is 19.8 Å². The Labute approximate surface area is 300 Å². The lowest BCUT2D eigenvalue weighted by molar-refractivity contribution is -1.00. The summed E-state index contributed by atoms with van der Waals surface area (Å²) in [6.45, 7) is 5.67. The Balaban J connectivity index is 1.65. The van der Waals surface area contributed by atoms with Crippen molar-refractivity contribution >= 4 is 0 Å². The first-order chi connectivity index (χ1) is 23.8. The molecular formula is C45H81N3+2. The molecule has 0 aliphatic carbocycles. The van der Waals surface area contributed by atoms with E-state index in [1.54, 1.807) is 0 Å². The molecule has 0 amide bonds. The molecule has 0 spiro atoms. The van der Waals surface area contributed by atoms with Gasteiger partial charge in [-0.05, 0) is 12.8 Å². The van der Waals surface area contributed by atoms with Crippen LogP contribution in [0.15, 0.2) is 61.2 Å². The van der Waals surface area contributed by atoms with Gasteiger partial charge in [0.15, 0.2) is 24.8 Å². The molecular weight excluding hydrogens is 583 g/mol. The summed E-state index contributed by atoms with van der Waals surface area (Å²) in [5.41, 5.74) is 0. The van der Waals surface area contributed by atoms with Crippen LogP contribution in [0.4, 0.5) is 0 Å². The monoisotopic (exact) mass is 664 g/mol. The van der Waals surface area contributed by atoms with Crippen LogP contribution < -0.4 is 14.5 Å². The maximum Gasteiger partial charge on any atom is 0.424 e. The van der Waals surface area contributed by atoms with Crippen molar-refractivity contribution in [1.29, 1.82) is 0 Å². The van der Waals surface area contributed by atoms with Crippen LogP contribution in [-0.4, -0.2) is 6.54 Å². The molecule has 274 valence electrons. The maximum absolute atomic E-state index is 4.09. The molecule has 0 radical (unpaired) electrons. The number of nitrogens with one attached hydrogen (secondary N) is 1. The predicted octanol–water partition coefficient (Wildman–Crippen LogP) is 13.1. The van der Waals surface area contributed by atoms with Gasteiger partial charge in [-0.25, -0.2) is 0 Å². The van der Waals surface area contributed by atoms with Crippen molar-refractivity contribution in [2.45, 2.75) is 219 Å². The summed E-state index contributed by atoms with van der Waals surface area (Å²) in [6, 6.07) is 13.0. The third-order valence-corrected chi connectivity index (χ3v) is 10.6. The van der Waals surface area contributed by atoms with Crippen LogP contribution in [0.3, 0.4) is 0 Å². The highest BCUT2D eigenvalue weighted by molar-refractivity contribution is 4.87. The smallest absolute Gasteiger partial charge is 0.195 e. The highest BCUT2D eigenvalue weighted by Gasteiger charge is 2.48. The van der Waals surface area contributed by atoms with Crippen LogP contribution in [0, 0.1) is 0 Å². The van der Waals surface area contributed by atoms with Gasteiger partial charge in [-0.3, -0.25) is 0 Å². The number of nitrogens with zero attached hydrogens (tertiary/aromatic N) is 2. The lowest BCUT2D eigenvalue weighted by atomic mass is 10.0. The van der Waals surface area contributed by atoms with Gasteiger partial charge < -0.3 is 0 Å². The van der Waals surface area contributed by atoms with E-state index in [2.05, 4.69) is 89.5 Å². The van der Waals surface area contributed by atoms with Crippen LogP contribution >= 0.6 is 0 Å². The molecule has 0 aliphatic rings. The van der Waals surface area contributed by atoms with E-state index in [4.69, 9.17) is 0 Å². The fraction of sp³-hybridized carbons (Fsp3) is 0.778. The van der Waals surface area contributed by atoms with Gasteiger partial charge in [0.1, 0.15) is 0 Å². The van der Waals surface area contributed by atoms with E-state index in [-0.39, 0.29) is 5.79 Å². The number of aromatic nitrogens is 2. The van der Waals surface area contributed by atoms with Crippen molar-refractivity contribution in [3.8, 4) is 0 Å². The molecule has 0 atom stereocenters. The SMILES string of the molecule is CCCCCCCCCCCCCCCCCCNC(CCCCCCCCCCCCCCCC)([n+]1ccccc1)[n+]1ccccc1. The largest absolute Gasteiger partial charge is 0.424 e. The average molecular weight is 664 g/mol. The normalized spacial score (nSPS) is 11.8. The van der Waals surface area contributed by atoms with E-state index in [1.807, 2.05) is 0 Å². The third-order valence-electron chi connectivity index (χ3n) is 10.6. The van der Waals surface area contributed by atoms with E-state index < -0.39 is 0 Å². The minimum Gasteiger partial charge on any atom is -0.195 e. The zero-order valence-electron chi connectivity index (χ0n) is 32.3. The molecule has 48 heavy (non-hydrogen) atoms. The predicted molar refractivity (Wildman–Crippen MR) is 209 cm³/mol. The van der Waals surface area contributed by atoms with Gasteiger partial charge >= 0.3 is 5.79 Å². The Hall–Kier alpha value is -1.74. The summed E-state index contributed by atoms with van der Waals surface area (Å²) in [5, 5.41) is 4.09. The Morgan fingerprint density at radius 2 is 0.604 bits per heavy atom. The van der Waals surface area contributed by atoms with Gasteiger partial charge in [0.2, 0.25) is 0 Å². The summed E-state index contributed by atoms with van der Waals surface area (Å²) in [5.74, 6) is -0.255. The highest BCUT2D eigenvalue weighted by atomic mass is 15.4. The first kappa shape index (κ1) is 42.4. The fourth-order valence-electron chi connectivity index (χ4n) is 7.48. The lowest BCUT2D eigenvalue weighted by Crippen LogP contribution is -2.79. The molecule has 2 rings (SSSR count). The van der Waals surface area contributed by atoms with Crippen LogP contribution in [-0.2, 0) is 5.79 Å². The van der Waals surface area contributed by atoms with Crippen molar-refractivity contribution in [3.05, 3.63) is 61.2 Å². The van der Waals surface area contributed by atoms with Crippen LogP contribution in [0.1, 0.15) is 213 Å². The first-order valence-electron chi connectivity index (χ1n) is 21.5. The Morgan fingerprint density at radius 1 is 0.333 bits per heavy atom. The molecule has 2 aromatic rings. The molecule has 0 fully saturated rings. The molecule has 2 aromatic heterocycles. The third kappa shape index (κ3) is 20.7. The van der Waals surface area contributed by atoms with Crippen LogP contribution in [0.2, 0.25) is 0 Å². The van der Waals surface area contributed by atoms with Gasteiger partial charge in [-0.15, -0.1) is 9.13 Å². The first-order valence-corrected chi connectivity index (χ1v) is 21.5. The Morgan fingerprint density at radius 3 is 0.917 bits per heavy atom. The van der Waals surface area contributed by atoms with Crippen molar-refractivity contribution in [3.63, 3.8) is 0 Å². The number of unbranched alkanes of at least 4 members (excludes halogenated alkanes) is 28. The van der Waals surface area contributed by atoms with Gasteiger partial charge in [-0.2, -0.15) is 5.32 Å². The molecule has 0 aromatic carbocycles. The number of pyridine rings is 2. The molecule has 0 unspecified atom stereocenters. The fourth-order valence-corrected chi connectivity index (χ4v) is 7.48. The summed E-state index contributed by atoms with van der Waals surface area (Å²) >= 11 is 0. The van der Waals surface area contributed by atoms with Crippen molar-refractivity contribution in [2.24, 2.45) is 0 Å². The molecule has 3 nitrogen and oxygen atoms in total. The highest BCUT2D eigenvalue weighted by Crippen LogP contribution is 2.18. The number of hydrogen-bond acceptors (Lipinski definition) is 1. The van der Waals surface area contributed by atoms with Gasteiger partial charge in [0.25, 0.3) is 0 Å². The molecule has 0 bridgehead atoms. The van der Waals surface area contributed by atoms with Gasteiger partial charge in [-0.1, -0.05) is 206 Å². The molecule has 3 heteroatoms. The maximum atomic E-state index is 4.09. The minimum absolute atomic E-state index is 0.255.